The predicted molar refractivity (Wildman–Crippen MR) is 96.7 cm³/mol. The highest BCUT2D eigenvalue weighted by molar-refractivity contribution is 5.82. The van der Waals surface area contributed by atoms with E-state index in [0.29, 0.717) is 6.42 Å². The number of nitrogens with zero attached hydrogens (tertiary/aromatic N) is 3. The molecule has 1 fully saturated rings. The maximum Gasteiger partial charge on any atom is 0.270 e. The van der Waals surface area contributed by atoms with Crippen LogP contribution in [0.15, 0.2) is 30.3 Å². The smallest absolute Gasteiger partial charge is 0.270 e. The second-order valence-corrected chi connectivity index (χ2v) is 6.41. The van der Waals surface area contributed by atoms with Gasteiger partial charge in [-0.15, -0.1) is 0 Å². The fraction of sp³-hybridized carbons (Fsp3) is 0.444. The molecule has 2 heterocycles. The summed E-state index contributed by atoms with van der Waals surface area (Å²) in [6.07, 6.45) is 3.38. The molecule has 3 rings (SSSR count). The van der Waals surface area contributed by atoms with Crippen LogP contribution in [0.2, 0.25) is 0 Å². The van der Waals surface area contributed by atoms with Gasteiger partial charge in [0.2, 0.25) is 5.91 Å². The van der Waals surface area contributed by atoms with E-state index in [0.717, 1.165) is 49.1 Å². The first-order chi connectivity index (χ1) is 12.1. The molecule has 0 saturated carbocycles. The Labute approximate surface area is 146 Å². The summed E-state index contributed by atoms with van der Waals surface area (Å²) >= 11 is 0. The SMILES string of the molecule is CCCC(=O)N[C@@H]1CCCN(c2ccc3cc([N+](=O)[O-])ccc3n2)C1. The first-order valence-electron chi connectivity index (χ1n) is 8.66. The zero-order valence-electron chi connectivity index (χ0n) is 14.3. The van der Waals surface area contributed by atoms with Crippen LogP contribution in [-0.4, -0.2) is 34.9 Å². The molecule has 0 radical (unpaired) electrons. The van der Waals surface area contributed by atoms with E-state index in [1.165, 1.54) is 12.1 Å². The molecule has 1 aromatic heterocycles. The third-order valence-corrected chi connectivity index (χ3v) is 4.46. The highest BCUT2D eigenvalue weighted by Gasteiger charge is 2.22. The number of fused-ring (bicyclic) bond motifs is 1. The van der Waals surface area contributed by atoms with Crippen LogP contribution in [-0.2, 0) is 4.79 Å². The molecule has 1 aromatic carbocycles. The number of anilines is 1. The number of hydrogen-bond donors (Lipinski definition) is 1. The molecule has 7 heteroatoms. The van der Waals surface area contributed by atoms with E-state index in [4.69, 9.17) is 0 Å². The first kappa shape index (κ1) is 17.1. The van der Waals surface area contributed by atoms with Crippen molar-refractivity contribution in [3.8, 4) is 0 Å². The molecule has 1 atom stereocenters. The highest BCUT2D eigenvalue weighted by atomic mass is 16.6. The molecule has 0 unspecified atom stereocenters. The van der Waals surface area contributed by atoms with Gasteiger partial charge >= 0.3 is 0 Å². The van der Waals surface area contributed by atoms with Crippen molar-refractivity contribution in [2.24, 2.45) is 0 Å². The topological polar surface area (TPSA) is 88.4 Å². The molecule has 1 aliphatic rings. The number of pyridine rings is 1. The molecule has 132 valence electrons. The molecular weight excluding hydrogens is 320 g/mol. The Balaban J connectivity index is 1.75. The van der Waals surface area contributed by atoms with E-state index in [1.807, 2.05) is 19.1 Å². The standard InChI is InChI=1S/C18H22N4O3/c1-2-4-18(23)19-14-5-3-10-21(12-14)17-9-6-13-11-15(22(24)25)7-8-16(13)20-17/h6-9,11,14H,2-5,10,12H2,1H3,(H,19,23)/t14-/m1/s1. The normalized spacial score (nSPS) is 17.5. The number of carbonyl (C=O) groups is 1. The molecule has 1 aliphatic heterocycles. The molecule has 25 heavy (non-hydrogen) atoms. The minimum Gasteiger partial charge on any atom is -0.355 e. The lowest BCUT2D eigenvalue weighted by molar-refractivity contribution is -0.384. The number of amides is 1. The molecule has 1 amide bonds. The van der Waals surface area contributed by atoms with E-state index in [1.54, 1.807) is 6.07 Å². The Morgan fingerprint density at radius 3 is 3.00 bits per heavy atom. The summed E-state index contributed by atoms with van der Waals surface area (Å²) in [6, 6.07) is 8.59. The van der Waals surface area contributed by atoms with Gasteiger partial charge in [-0.1, -0.05) is 6.92 Å². The van der Waals surface area contributed by atoms with Crippen LogP contribution < -0.4 is 10.2 Å². The minimum absolute atomic E-state index is 0.0683. The Kier molecular flexibility index (Phi) is 5.11. The van der Waals surface area contributed by atoms with Crippen LogP contribution in [0, 0.1) is 10.1 Å². The molecule has 7 nitrogen and oxygen atoms in total. The minimum atomic E-state index is -0.401. The van der Waals surface area contributed by atoms with E-state index in [-0.39, 0.29) is 17.6 Å². The second kappa shape index (κ2) is 7.46. The van der Waals surface area contributed by atoms with E-state index < -0.39 is 4.92 Å². The number of carbonyl (C=O) groups excluding carboxylic acids is 1. The van der Waals surface area contributed by atoms with Gasteiger partial charge in [-0.2, -0.15) is 0 Å². The van der Waals surface area contributed by atoms with E-state index in [2.05, 4.69) is 15.2 Å². The molecule has 1 N–H and O–H groups in total. The van der Waals surface area contributed by atoms with Crippen molar-refractivity contribution in [3.05, 3.63) is 40.4 Å². The lowest BCUT2D eigenvalue weighted by atomic mass is 10.1. The summed E-state index contributed by atoms with van der Waals surface area (Å²) in [7, 11) is 0. The fourth-order valence-electron chi connectivity index (χ4n) is 3.22. The quantitative estimate of drug-likeness (QED) is 0.666. The van der Waals surface area contributed by atoms with Crippen molar-refractivity contribution < 1.29 is 9.72 Å². The van der Waals surface area contributed by atoms with Crippen LogP contribution in [0.5, 0.6) is 0 Å². The number of benzene rings is 1. The van der Waals surface area contributed by atoms with Gasteiger partial charge in [-0.25, -0.2) is 4.98 Å². The zero-order chi connectivity index (χ0) is 17.8. The van der Waals surface area contributed by atoms with Crippen molar-refractivity contribution in [1.29, 1.82) is 0 Å². The predicted octanol–water partition coefficient (Wildman–Crippen LogP) is 3.03. The Morgan fingerprint density at radius 1 is 1.40 bits per heavy atom. The van der Waals surface area contributed by atoms with Gasteiger partial charge in [0.25, 0.3) is 5.69 Å². The summed E-state index contributed by atoms with van der Waals surface area (Å²) < 4.78 is 0. The van der Waals surface area contributed by atoms with Crippen LogP contribution in [0.1, 0.15) is 32.6 Å². The molecule has 0 spiro atoms. The number of non-ortho nitro benzene ring substituents is 1. The van der Waals surface area contributed by atoms with Crippen molar-refractivity contribution >= 4 is 28.3 Å². The number of nitro groups is 1. The van der Waals surface area contributed by atoms with E-state index >= 15 is 0 Å². The fourth-order valence-corrected chi connectivity index (χ4v) is 3.22. The Bertz CT molecular complexity index is 793. The van der Waals surface area contributed by atoms with Gasteiger partial charge in [0, 0.05) is 43.1 Å². The summed E-state index contributed by atoms with van der Waals surface area (Å²) in [4.78, 5) is 29.1. The molecule has 0 bridgehead atoms. The van der Waals surface area contributed by atoms with Crippen molar-refractivity contribution in [2.75, 3.05) is 18.0 Å². The van der Waals surface area contributed by atoms with Crippen LogP contribution >= 0.6 is 0 Å². The number of hydrogen-bond acceptors (Lipinski definition) is 5. The lowest BCUT2D eigenvalue weighted by Crippen LogP contribution is -2.48. The highest BCUT2D eigenvalue weighted by Crippen LogP contribution is 2.24. The molecular formula is C18H22N4O3. The number of rotatable bonds is 5. The first-order valence-corrected chi connectivity index (χ1v) is 8.66. The summed E-state index contributed by atoms with van der Waals surface area (Å²) in [6.45, 7) is 3.63. The largest absolute Gasteiger partial charge is 0.355 e. The van der Waals surface area contributed by atoms with Crippen LogP contribution in [0.25, 0.3) is 10.9 Å². The maximum atomic E-state index is 11.8. The van der Waals surface area contributed by atoms with Gasteiger partial charge in [0.1, 0.15) is 5.82 Å². The molecule has 2 aromatic rings. The second-order valence-electron chi connectivity index (χ2n) is 6.41. The number of aromatic nitrogens is 1. The van der Waals surface area contributed by atoms with Gasteiger partial charge < -0.3 is 10.2 Å². The Morgan fingerprint density at radius 2 is 2.24 bits per heavy atom. The lowest BCUT2D eigenvalue weighted by Gasteiger charge is -2.34. The van der Waals surface area contributed by atoms with Gasteiger partial charge in [-0.3, -0.25) is 14.9 Å². The summed E-state index contributed by atoms with van der Waals surface area (Å²) in [5, 5.41) is 14.7. The van der Waals surface area contributed by atoms with Crippen LogP contribution in [0.3, 0.4) is 0 Å². The average molecular weight is 342 g/mol. The van der Waals surface area contributed by atoms with Crippen molar-refractivity contribution in [2.45, 2.75) is 38.6 Å². The van der Waals surface area contributed by atoms with Gasteiger partial charge in [-0.05, 0) is 37.5 Å². The summed E-state index contributed by atoms with van der Waals surface area (Å²) in [5.41, 5.74) is 0.805. The van der Waals surface area contributed by atoms with Crippen LogP contribution in [0.4, 0.5) is 11.5 Å². The number of nitro benzene ring substituents is 1. The van der Waals surface area contributed by atoms with Crippen molar-refractivity contribution in [1.82, 2.24) is 10.3 Å². The third-order valence-electron chi connectivity index (χ3n) is 4.46. The molecule has 0 aliphatic carbocycles. The Hall–Kier alpha value is -2.70. The summed E-state index contributed by atoms with van der Waals surface area (Å²) in [5.74, 6) is 0.948. The maximum absolute atomic E-state index is 11.8. The van der Waals surface area contributed by atoms with E-state index in [9.17, 15) is 14.9 Å². The van der Waals surface area contributed by atoms with Crippen molar-refractivity contribution in [3.63, 3.8) is 0 Å². The third kappa shape index (κ3) is 4.04. The number of nitrogens with one attached hydrogen (secondary N) is 1. The van der Waals surface area contributed by atoms with Gasteiger partial charge in [0.05, 0.1) is 10.4 Å². The molecule has 1 saturated heterocycles. The van der Waals surface area contributed by atoms with Gasteiger partial charge in [0.15, 0.2) is 0 Å². The average Bonchev–Trinajstić information content (AvgIpc) is 2.61. The zero-order valence-corrected chi connectivity index (χ0v) is 14.3. The monoisotopic (exact) mass is 342 g/mol. The number of piperidine rings is 1.